The highest BCUT2D eigenvalue weighted by molar-refractivity contribution is 4.97. The summed E-state index contributed by atoms with van der Waals surface area (Å²) in [6.45, 7) is 8.04. The summed E-state index contributed by atoms with van der Waals surface area (Å²) >= 11 is 0. The zero-order valence-corrected chi connectivity index (χ0v) is 10.9. The molecule has 0 saturated carbocycles. The lowest BCUT2D eigenvalue weighted by Crippen LogP contribution is -2.40. The lowest BCUT2D eigenvalue weighted by molar-refractivity contribution is -0.196. The van der Waals surface area contributed by atoms with Crippen LogP contribution in [0.3, 0.4) is 0 Å². The van der Waals surface area contributed by atoms with Crippen molar-refractivity contribution in [1.82, 2.24) is 0 Å². The fourth-order valence-corrected chi connectivity index (χ4v) is 2.32. The van der Waals surface area contributed by atoms with Gasteiger partial charge < -0.3 is 19.3 Å². The van der Waals surface area contributed by atoms with Gasteiger partial charge >= 0.3 is 0 Å². The van der Waals surface area contributed by atoms with Crippen LogP contribution in [0.5, 0.6) is 0 Å². The number of rotatable bonds is 5. The summed E-state index contributed by atoms with van der Waals surface area (Å²) in [4.78, 5) is 0. The minimum Gasteiger partial charge on any atom is -0.393 e. The molecule has 0 aliphatic carbocycles. The minimum absolute atomic E-state index is 0.00246. The molecule has 4 atom stereocenters. The molecular weight excluding hydrogens is 208 g/mol. The summed E-state index contributed by atoms with van der Waals surface area (Å²) in [5, 5.41) is 9.52. The lowest BCUT2D eigenvalue weighted by Gasteiger charge is -2.30. The maximum Gasteiger partial charge on any atom is 0.184 e. The van der Waals surface area contributed by atoms with E-state index >= 15 is 0 Å². The van der Waals surface area contributed by atoms with E-state index in [-0.39, 0.29) is 31.0 Å². The van der Waals surface area contributed by atoms with Crippen molar-refractivity contribution in [3.8, 4) is 0 Å². The second kappa shape index (κ2) is 5.45. The summed E-state index contributed by atoms with van der Waals surface area (Å²) in [6.07, 6.45) is 0.379. The van der Waals surface area contributed by atoms with E-state index in [0.29, 0.717) is 0 Å². The standard InChI is InChI=1S/C12H24O4/c1-6-12(7-13)9(4)10(15-8(2)3)11(14-5)16-12/h8-11,13H,6-7H2,1-5H3. The van der Waals surface area contributed by atoms with Crippen molar-refractivity contribution in [2.45, 2.75) is 58.2 Å². The van der Waals surface area contributed by atoms with E-state index in [1.807, 2.05) is 27.7 Å². The third kappa shape index (κ3) is 2.40. The molecule has 1 fully saturated rings. The van der Waals surface area contributed by atoms with E-state index in [1.54, 1.807) is 7.11 Å². The van der Waals surface area contributed by atoms with Gasteiger partial charge in [0.05, 0.1) is 18.3 Å². The van der Waals surface area contributed by atoms with Crippen LogP contribution in [-0.2, 0) is 14.2 Å². The van der Waals surface area contributed by atoms with Crippen LogP contribution >= 0.6 is 0 Å². The normalized spacial score (nSPS) is 39.6. The maximum absolute atomic E-state index is 9.52. The van der Waals surface area contributed by atoms with Crippen LogP contribution in [0.4, 0.5) is 0 Å². The Balaban J connectivity index is 2.83. The molecule has 1 aliphatic heterocycles. The summed E-state index contributed by atoms with van der Waals surface area (Å²) in [7, 11) is 1.61. The zero-order valence-electron chi connectivity index (χ0n) is 10.9. The maximum atomic E-state index is 9.52. The van der Waals surface area contributed by atoms with E-state index in [2.05, 4.69) is 0 Å². The molecule has 1 heterocycles. The molecule has 4 heteroatoms. The van der Waals surface area contributed by atoms with Crippen LogP contribution < -0.4 is 0 Å². The summed E-state index contributed by atoms with van der Waals surface area (Å²) in [6, 6.07) is 0. The van der Waals surface area contributed by atoms with Crippen molar-refractivity contribution in [3.05, 3.63) is 0 Å². The predicted molar refractivity (Wildman–Crippen MR) is 61.2 cm³/mol. The SMILES string of the molecule is CCC1(CO)OC(OC)C(OC(C)C)C1C. The topological polar surface area (TPSA) is 47.9 Å². The Kier molecular flexibility index (Phi) is 4.73. The quantitative estimate of drug-likeness (QED) is 0.781. The molecule has 0 bridgehead atoms. The molecule has 16 heavy (non-hydrogen) atoms. The Labute approximate surface area is 97.9 Å². The lowest BCUT2D eigenvalue weighted by atomic mass is 9.85. The largest absolute Gasteiger partial charge is 0.393 e. The van der Waals surface area contributed by atoms with Crippen LogP contribution in [0.15, 0.2) is 0 Å². The number of ether oxygens (including phenoxy) is 3. The van der Waals surface area contributed by atoms with Crippen molar-refractivity contribution >= 4 is 0 Å². The van der Waals surface area contributed by atoms with Gasteiger partial charge in [-0.15, -0.1) is 0 Å². The first-order valence-corrected chi connectivity index (χ1v) is 5.97. The second-order valence-electron chi connectivity index (χ2n) is 4.74. The predicted octanol–water partition coefficient (Wildman–Crippen LogP) is 1.56. The van der Waals surface area contributed by atoms with Gasteiger partial charge in [0.2, 0.25) is 0 Å². The van der Waals surface area contributed by atoms with Gasteiger partial charge in [-0.3, -0.25) is 0 Å². The summed E-state index contributed by atoms with van der Waals surface area (Å²) < 4.78 is 16.9. The number of aliphatic hydroxyl groups is 1. The van der Waals surface area contributed by atoms with E-state index < -0.39 is 5.60 Å². The number of methoxy groups -OCH3 is 1. The highest BCUT2D eigenvalue weighted by Crippen LogP contribution is 2.40. The molecule has 0 aromatic carbocycles. The van der Waals surface area contributed by atoms with Crippen LogP contribution in [-0.4, -0.2) is 42.9 Å². The van der Waals surface area contributed by atoms with E-state index in [0.717, 1.165) is 6.42 Å². The molecule has 4 nitrogen and oxygen atoms in total. The highest BCUT2D eigenvalue weighted by atomic mass is 16.7. The van der Waals surface area contributed by atoms with Gasteiger partial charge in [0, 0.05) is 13.0 Å². The van der Waals surface area contributed by atoms with Gasteiger partial charge in [0.25, 0.3) is 0 Å². The van der Waals surface area contributed by atoms with E-state index in [1.165, 1.54) is 0 Å². The van der Waals surface area contributed by atoms with E-state index in [4.69, 9.17) is 14.2 Å². The van der Waals surface area contributed by atoms with Crippen LogP contribution in [0.2, 0.25) is 0 Å². The average Bonchev–Trinajstić information content (AvgIpc) is 2.53. The molecule has 1 saturated heterocycles. The van der Waals surface area contributed by atoms with Crippen LogP contribution in [0, 0.1) is 5.92 Å². The molecule has 4 unspecified atom stereocenters. The Morgan fingerprint density at radius 2 is 2.06 bits per heavy atom. The van der Waals surface area contributed by atoms with Gasteiger partial charge in [-0.2, -0.15) is 0 Å². The van der Waals surface area contributed by atoms with Gasteiger partial charge in [0.1, 0.15) is 6.10 Å². The first-order chi connectivity index (χ1) is 7.50. The third-order valence-corrected chi connectivity index (χ3v) is 3.47. The van der Waals surface area contributed by atoms with Crippen molar-refractivity contribution in [1.29, 1.82) is 0 Å². The zero-order chi connectivity index (χ0) is 12.3. The molecule has 1 N–H and O–H groups in total. The molecule has 1 aliphatic rings. The molecule has 0 amide bonds. The van der Waals surface area contributed by atoms with Crippen LogP contribution in [0.25, 0.3) is 0 Å². The van der Waals surface area contributed by atoms with Gasteiger partial charge in [-0.05, 0) is 20.3 Å². The molecule has 96 valence electrons. The number of hydrogen-bond donors (Lipinski definition) is 1. The molecule has 0 aromatic heterocycles. The van der Waals surface area contributed by atoms with E-state index in [9.17, 15) is 5.11 Å². The number of aliphatic hydroxyl groups excluding tert-OH is 1. The van der Waals surface area contributed by atoms with Gasteiger partial charge in [-0.1, -0.05) is 13.8 Å². The molecule has 0 radical (unpaired) electrons. The monoisotopic (exact) mass is 232 g/mol. The number of hydrogen-bond acceptors (Lipinski definition) is 4. The third-order valence-electron chi connectivity index (χ3n) is 3.47. The Bertz CT molecular complexity index is 213. The summed E-state index contributed by atoms with van der Waals surface area (Å²) in [5.41, 5.74) is -0.528. The Morgan fingerprint density at radius 3 is 2.44 bits per heavy atom. The molecular formula is C12H24O4. The molecule has 0 aromatic rings. The fourth-order valence-electron chi connectivity index (χ4n) is 2.32. The molecule has 0 spiro atoms. The first kappa shape index (κ1) is 13.9. The summed E-state index contributed by atoms with van der Waals surface area (Å²) in [5.74, 6) is 0.120. The first-order valence-electron chi connectivity index (χ1n) is 5.97. The van der Waals surface area contributed by atoms with Gasteiger partial charge in [-0.25, -0.2) is 0 Å². The molecule has 1 rings (SSSR count). The highest BCUT2D eigenvalue weighted by Gasteiger charge is 2.52. The minimum atomic E-state index is -0.528. The van der Waals surface area contributed by atoms with Crippen molar-refractivity contribution in [3.63, 3.8) is 0 Å². The van der Waals surface area contributed by atoms with Crippen molar-refractivity contribution in [2.24, 2.45) is 5.92 Å². The van der Waals surface area contributed by atoms with Gasteiger partial charge in [0.15, 0.2) is 6.29 Å². The Morgan fingerprint density at radius 1 is 1.44 bits per heavy atom. The van der Waals surface area contributed by atoms with Crippen LogP contribution in [0.1, 0.15) is 34.1 Å². The average molecular weight is 232 g/mol. The fraction of sp³-hybridized carbons (Fsp3) is 1.00. The second-order valence-corrected chi connectivity index (χ2v) is 4.74. The Hall–Kier alpha value is -0.160. The van der Waals surface area contributed by atoms with Crippen molar-refractivity contribution in [2.75, 3.05) is 13.7 Å². The van der Waals surface area contributed by atoms with Crippen molar-refractivity contribution < 1.29 is 19.3 Å². The smallest absolute Gasteiger partial charge is 0.184 e.